The second-order valence-corrected chi connectivity index (χ2v) is 11.6. The van der Waals surface area contributed by atoms with E-state index >= 15 is 0 Å². The van der Waals surface area contributed by atoms with Crippen LogP contribution in [0, 0.1) is 6.92 Å². The molecule has 15 heteroatoms. The number of anilines is 1. The number of alkyl halides is 3. The van der Waals surface area contributed by atoms with Gasteiger partial charge in [-0.2, -0.15) is 23.4 Å². The van der Waals surface area contributed by atoms with Crippen molar-refractivity contribution in [1.82, 2.24) is 25.1 Å². The van der Waals surface area contributed by atoms with Gasteiger partial charge in [0.15, 0.2) is 12.1 Å². The zero-order valence-corrected chi connectivity index (χ0v) is 25.8. The number of hydrogen-bond donors (Lipinski definition) is 2. The van der Waals surface area contributed by atoms with Crippen LogP contribution in [0.5, 0.6) is 0 Å². The highest BCUT2D eigenvalue weighted by Gasteiger charge is 2.33. The van der Waals surface area contributed by atoms with Gasteiger partial charge in [0.05, 0.1) is 41.7 Å². The number of nitrogens with one attached hydrogen (secondary N) is 2. The summed E-state index contributed by atoms with van der Waals surface area (Å²) in [6.45, 7) is 8.73. The van der Waals surface area contributed by atoms with Crippen molar-refractivity contribution in [1.29, 1.82) is 0 Å². The summed E-state index contributed by atoms with van der Waals surface area (Å²) in [7, 11) is 1.35. The number of rotatable bonds is 8. The zero-order chi connectivity index (χ0) is 32.4. The van der Waals surface area contributed by atoms with Gasteiger partial charge in [0.2, 0.25) is 0 Å². The molecule has 0 radical (unpaired) electrons. The number of carbonyl (C=O) groups excluding carboxylic acids is 2. The van der Waals surface area contributed by atoms with E-state index in [4.69, 9.17) is 21.1 Å². The third-order valence-corrected chi connectivity index (χ3v) is 6.57. The van der Waals surface area contributed by atoms with Crippen LogP contribution < -0.4 is 10.6 Å². The molecule has 3 heterocycles. The van der Waals surface area contributed by atoms with E-state index in [0.717, 1.165) is 11.9 Å². The topological polar surface area (TPSA) is 123 Å². The highest BCUT2D eigenvalue weighted by atomic mass is 35.5. The maximum atomic E-state index is 13.9. The van der Waals surface area contributed by atoms with Gasteiger partial charge >= 0.3 is 6.18 Å². The largest absolute Gasteiger partial charge is 0.430 e. The molecule has 1 aliphatic rings. The van der Waals surface area contributed by atoms with Gasteiger partial charge in [-0.3, -0.25) is 14.6 Å². The van der Waals surface area contributed by atoms with Crippen LogP contribution in [-0.2, 0) is 16.0 Å². The smallest absolute Gasteiger partial charge is 0.347 e. The Labute approximate surface area is 257 Å². The number of ether oxygens (including phenoxy) is 2. The molecule has 4 rings (SSSR count). The van der Waals surface area contributed by atoms with Gasteiger partial charge in [0.25, 0.3) is 11.8 Å². The van der Waals surface area contributed by atoms with Crippen molar-refractivity contribution < 1.29 is 32.2 Å². The standard InChI is InChI=1S/C29H33ClF3N7O4/c1-16-12-18(27-43-10-11-44-27)13-20(25(41)36-28(3,4)5)23(16)35-26(42)22-14-19(15-39(6)37-17(2)29(31,32)33)38-40(22)24-21(30)8-7-9-34-24/h7-9,12-14,27H,10-11,15H2,1-6H3,(H,35,42)(H,36,41)/b37-17+. The lowest BCUT2D eigenvalue weighted by atomic mass is 10.0. The summed E-state index contributed by atoms with van der Waals surface area (Å²) < 4.78 is 51.5. The Morgan fingerprint density at radius 1 is 1.16 bits per heavy atom. The van der Waals surface area contributed by atoms with E-state index in [1.165, 1.54) is 24.0 Å². The maximum absolute atomic E-state index is 13.9. The Morgan fingerprint density at radius 2 is 1.84 bits per heavy atom. The molecule has 1 aliphatic heterocycles. The van der Waals surface area contributed by atoms with Crippen molar-refractivity contribution >= 4 is 34.8 Å². The molecule has 0 unspecified atom stereocenters. The quantitative estimate of drug-likeness (QED) is 0.250. The minimum absolute atomic E-state index is 0.0290. The van der Waals surface area contributed by atoms with Crippen molar-refractivity contribution in [3.63, 3.8) is 0 Å². The van der Waals surface area contributed by atoms with Crippen molar-refractivity contribution in [3.05, 3.63) is 69.6 Å². The fourth-order valence-corrected chi connectivity index (χ4v) is 4.58. The second kappa shape index (κ2) is 12.9. The van der Waals surface area contributed by atoms with Gasteiger partial charge < -0.3 is 20.1 Å². The molecular formula is C29H33ClF3N7O4. The number of amides is 2. The lowest BCUT2D eigenvalue weighted by Crippen LogP contribution is -2.41. The lowest BCUT2D eigenvalue weighted by Gasteiger charge is -2.23. The summed E-state index contributed by atoms with van der Waals surface area (Å²) in [5, 5.41) is 15.0. The average molecular weight is 636 g/mol. The van der Waals surface area contributed by atoms with Gasteiger partial charge in [-0.25, -0.2) is 9.67 Å². The first-order chi connectivity index (χ1) is 20.5. The number of halogens is 4. The number of carbonyl (C=O) groups is 2. The van der Waals surface area contributed by atoms with Crippen LogP contribution in [0.4, 0.5) is 18.9 Å². The monoisotopic (exact) mass is 635 g/mol. The minimum Gasteiger partial charge on any atom is -0.347 e. The minimum atomic E-state index is -4.60. The third-order valence-electron chi connectivity index (χ3n) is 6.28. The number of hydrogen-bond acceptors (Lipinski definition) is 8. The summed E-state index contributed by atoms with van der Waals surface area (Å²) >= 11 is 6.37. The normalized spacial score (nSPS) is 14.5. The predicted octanol–water partition coefficient (Wildman–Crippen LogP) is 5.43. The van der Waals surface area contributed by atoms with Gasteiger partial charge in [-0.1, -0.05) is 11.6 Å². The molecule has 1 fully saturated rings. The molecule has 2 aromatic heterocycles. The number of pyridine rings is 1. The molecule has 2 N–H and O–H groups in total. The molecular weight excluding hydrogens is 603 g/mol. The van der Waals surface area contributed by atoms with Gasteiger partial charge in [-0.05, 0) is 70.5 Å². The summed E-state index contributed by atoms with van der Waals surface area (Å²) in [5.41, 5.74) is 0.160. The number of benzene rings is 1. The Bertz CT molecular complexity index is 1580. The van der Waals surface area contributed by atoms with E-state index in [1.807, 2.05) is 20.8 Å². The number of hydrazone groups is 1. The molecule has 0 bridgehead atoms. The molecule has 2 amide bonds. The van der Waals surface area contributed by atoms with Crippen molar-refractivity contribution in [2.24, 2.45) is 5.10 Å². The van der Waals surface area contributed by atoms with E-state index in [2.05, 4.69) is 25.8 Å². The molecule has 0 aliphatic carbocycles. The first kappa shape index (κ1) is 32.9. The molecule has 1 saturated heterocycles. The highest BCUT2D eigenvalue weighted by Crippen LogP contribution is 2.31. The average Bonchev–Trinajstić information content (AvgIpc) is 3.59. The van der Waals surface area contributed by atoms with Crippen LogP contribution in [0.2, 0.25) is 5.02 Å². The predicted molar refractivity (Wildman–Crippen MR) is 158 cm³/mol. The third kappa shape index (κ3) is 7.92. The number of aryl methyl sites for hydroxylation is 1. The summed E-state index contributed by atoms with van der Waals surface area (Å²) in [6.07, 6.45) is -3.80. The van der Waals surface area contributed by atoms with Crippen molar-refractivity contribution in [2.75, 3.05) is 25.6 Å². The number of aromatic nitrogens is 3. The fourth-order valence-electron chi connectivity index (χ4n) is 4.38. The van der Waals surface area contributed by atoms with Gasteiger partial charge in [0, 0.05) is 24.3 Å². The molecule has 1 aromatic carbocycles. The number of nitrogens with zero attached hydrogens (tertiary/aromatic N) is 5. The first-order valence-electron chi connectivity index (χ1n) is 13.6. The maximum Gasteiger partial charge on any atom is 0.430 e. The summed E-state index contributed by atoms with van der Waals surface area (Å²) in [5.74, 6) is -0.981. The Balaban J connectivity index is 1.75. The van der Waals surface area contributed by atoms with Crippen LogP contribution in [-0.4, -0.2) is 69.3 Å². The van der Waals surface area contributed by atoms with Crippen LogP contribution >= 0.6 is 11.6 Å². The van der Waals surface area contributed by atoms with E-state index in [0.29, 0.717) is 24.3 Å². The van der Waals surface area contributed by atoms with E-state index < -0.39 is 35.5 Å². The lowest BCUT2D eigenvalue weighted by molar-refractivity contribution is -0.0606. The van der Waals surface area contributed by atoms with Crippen molar-refractivity contribution in [2.45, 2.75) is 59.2 Å². The van der Waals surface area contributed by atoms with Gasteiger partial charge in [-0.15, -0.1) is 0 Å². The van der Waals surface area contributed by atoms with Crippen LogP contribution in [0.15, 0.2) is 41.6 Å². The van der Waals surface area contributed by atoms with E-state index in [9.17, 15) is 22.8 Å². The zero-order valence-electron chi connectivity index (χ0n) is 25.0. The molecule has 3 aromatic rings. The first-order valence-corrected chi connectivity index (χ1v) is 14.0. The Morgan fingerprint density at radius 3 is 2.45 bits per heavy atom. The molecule has 236 valence electrons. The van der Waals surface area contributed by atoms with Crippen LogP contribution in [0.3, 0.4) is 0 Å². The van der Waals surface area contributed by atoms with Crippen molar-refractivity contribution in [3.8, 4) is 5.82 Å². The molecule has 0 spiro atoms. The molecule has 0 atom stereocenters. The fraction of sp³-hybridized carbons (Fsp3) is 0.414. The Hall–Kier alpha value is -4.01. The van der Waals surface area contributed by atoms with E-state index in [1.54, 1.807) is 31.2 Å². The molecule has 44 heavy (non-hydrogen) atoms. The summed E-state index contributed by atoms with van der Waals surface area (Å²) in [6, 6.07) is 7.91. The Kier molecular flexibility index (Phi) is 9.66. The summed E-state index contributed by atoms with van der Waals surface area (Å²) in [4.78, 5) is 31.6. The molecule has 0 saturated carbocycles. The van der Waals surface area contributed by atoms with Crippen LogP contribution in [0.1, 0.15) is 71.7 Å². The van der Waals surface area contributed by atoms with Crippen LogP contribution in [0.25, 0.3) is 5.82 Å². The SMILES string of the molecule is C/C(=N\N(C)Cc1cc(C(=O)Nc2c(C)cc(C3OCCO3)cc2C(=O)NC(C)(C)C)n(-c2ncccc2Cl)n1)C(F)(F)F. The highest BCUT2D eigenvalue weighted by molar-refractivity contribution is 6.32. The van der Waals surface area contributed by atoms with E-state index in [-0.39, 0.29) is 40.0 Å². The molecule has 11 nitrogen and oxygen atoms in total. The second-order valence-electron chi connectivity index (χ2n) is 11.2. The van der Waals surface area contributed by atoms with Gasteiger partial charge in [0.1, 0.15) is 11.4 Å².